The molecular formula is C14H16N4O2. The van der Waals surface area contributed by atoms with E-state index in [9.17, 15) is 4.79 Å². The van der Waals surface area contributed by atoms with Gasteiger partial charge >= 0.3 is 0 Å². The number of furan rings is 1. The molecule has 0 aliphatic carbocycles. The molecule has 3 aromatic heterocycles. The van der Waals surface area contributed by atoms with Crippen molar-refractivity contribution in [2.24, 2.45) is 0 Å². The average molecular weight is 272 g/mol. The summed E-state index contributed by atoms with van der Waals surface area (Å²) in [6, 6.07) is 5.64. The molecule has 0 saturated heterocycles. The van der Waals surface area contributed by atoms with Gasteiger partial charge in [0.25, 0.3) is 5.56 Å². The van der Waals surface area contributed by atoms with Crippen molar-refractivity contribution in [1.82, 2.24) is 19.5 Å². The van der Waals surface area contributed by atoms with Crippen molar-refractivity contribution >= 4 is 5.52 Å². The van der Waals surface area contributed by atoms with E-state index in [2.05, 4.69) is 10.4 Å². The number of hydrogen-bond acceptors (Lipinski definition) is 4. The van der Waals surface area contributed by atoms with E-state index in [-0.39, 0.29) is 11.6 Å². The van der Waals surface area contributed by atoms with E-state index in [0.717, 1.165) is 5.76 Å². The maximum atomic E-state index is 12.1. The van der Waals surface area contributed by atoms with Crippen LogP contribution < -0.4 is 10.9 Å². The predicted molar refractivity (Wildman–Crippen MR) is 74.6 cm³/mol. The van der Waals surface area contributed by atoms with Crippen molar-refractivity contribution in [3.8, 4) is 0 Å². The summed E-state index contributed by atoms with van der Waals surface area (Å²) in [5.41, 5.74) is 0.559. The molecule has 3 aromatic rings. The highest BCUT2D eigenvalue weighted by atomic mass is 16.3. The molecule has 1 atom stereocenters. The Morgan fingerprint density at radius 3 is 3.10 bits per heavy atom. The molecular weight excluding hydrogens is 256 g/mol. The van der Waals surface area contributed by atoms with Gasteiger partial charge in [0.2, 0.25) is 0 Å². The van der Waals surface area contributed by atoms with Crippen LogP contribution in [0.4, 0.5) is 0 Å². The van der Waals surface area contributed by atoms with Crippen molar-refractivity contribution in [2.45, 2.75) is 19.5 Å². The number of aromatic nitrogens is 3. The van der Waals surface area contributed by atoms with E-state index < -0.39 is 0 Å². The standard InChI is InChI=1S/C14H16N4O2/c1-11(13-3-2-10-20-13)15-6-7-17-8-9-18-12(14(17)19)4-5-16-18/h2-5,8-11,15H,6-7H2,1H3. The van der Waals surface area contributed by atoms with Crippen LogP contribution in [-0.2, 0) is 6.54 Å². The summed E-state index contributed by atoms with van der Waals surface area (Å²) >= 11 is 0. The Labute approximate surface area is 115 Å². The smallest absolute Gasteiger partial charge is 0.276 e. The first kappa shape index (κ1) is 12.7. The fourth-order valence-corrected chi connectivity index (χ4v) is 2.18. The molecule has 0 fully saturated rings. The quantitative estimate of drug-likeness (QED) is 0.763. The Bertz CT molecular complexity index is 742. The summed E-state index contributed by atoms with van der Waals surface area (Å²) in [6.07, 6.45) is 6.82. The van der Waals surface area contributed by atoms with E-state index in [1.54, 1.807) is 40.0 Å². The van der Waals surface area contributed by atoms with Crippen LogP contribution in [0.5, 0.6) is 0 Å². The molecule has 0 radical (unpaired) electrons. The summed E-state index contributed by atoms with van der Waals surface area (Å²) in [5, 5.41) is 7.36. The van der Waals surface area contributed by atoms with Gasteiger partial charge < -0.3 is 14.3 Å². The van der Waals surface area contributed by atoms with Gasteiger partial charge in [-0.05, 0) is 25.1 Å². The molecule has 20 heavy (non-hydrogen) atoms. The number of hydrogen-bond donors (Lipinski definition) is 1. The average Bonchev–Trinajstić information content (AvgIpc) is 3.11. The van der Waals surface area contributed by atoms with Crippen LogP contribution >= 0.6 is 0 Å². The summed E-state index contributed by atoms with van der Waals surface area (Å²) in [6.45, 7) is 3.32. The molecule has 0 bridgehead atoms. The third-order valence-corrected chi connectivity index (χ3v) is 3.31. The minimum atomic E-state index is -0.0301. The summed E-state index contributed by atoms with van der Waals surface area (Å²) in [4.78, 5) is 12.1. The fraction of sp³-hybridized carbons (Fsp3) is 0.286. The maximum Gasteiger partial charge on any atom is 0.276 e. The zero-order valence-electron chi connectivity index (χ0n) is 11.2. The van der Waals surface area contributed by atoms with Gasteiger partial charge in [0.05, 0.1) is 18.5 Å². The number of nitrogens with one attached hydrogen (secondary N) is 1. The van der Waals surface area contributed by atoms with Gasteiger partial charge in [0.15, 0.2) is 0 Å². The third-order valence-electron chi connectivity index (χ3n) is 3.31. The Morgan fingerprint density at radius 2 is 2.30 bits per heavy atom. The van der Waals surface area contributed by atoms with Crippen LogP contribution in [0.25, 0.3) is 5.52 Å². The molecule has 6 heteroatoms. The normalized spacial score (nSPS) is 12.8. The molecule has 0 aliphatic rings. The molecule has 0 saturated carbocycles. The lowest BCUT2D eigenvalue weighted by Gasteiger charge is -2.12. The Hall–Kier alpha value is -2.34. The number of nitrogens with zero attached hydrogens (tertiary/aromatic N) is 3. The molecule has 0 amide bonds. The van der Waals surface area contributed by atoms with Crippen LogP contribution in [0.15, 0.2) is 52.3 Å². The van der Waals surface area contributed by atoms with Gasteiger partial charge in [0, 0.05) is 25.5 Å². The van der Waals surface area contributed by atoms with E-state index in [0.29, 0.717) is 18.6 Å². The zero-order chi connectivity index (χ0) is 13.9. The largest absolute Gasteiger partial charge is 0.468 e. The van der Waals surface area contributed by atoms with Gasteiger partial charge in [-0.25, -0.2) is 4.52 Å². The molecule has 0 aliphatic heterocycles. The van der Waals surface area contributed by atoms with E-state index >= 15 is 0 Å². The topological polar surface area (TPSA) is 64.5 Å². The van der Waals surface area contributed by atoms with Crippen molar-refractivity contribution in [3.05, 3.63) is 59.2 Å². The van der Waals surface area contributed by atoms with Gasteiger partial charge in [-0.2, -0.15) is 5.10 Å². The molecule has 1 unspecified atom stereocenters. The van der Waals surface area contributed by atoms with E-state index in [4.69, 9.17) is 4.42 Å². The lowest BCUT2D eigenvalue weighted by atomic mass is 10.2. The highest BCUT2D eigenvalue weighted by Crippen LogP contribution is 2.11. The lowest BCUT2D eigenvalue weighted by Crippen LogP contribution is -2.28. The second kappa shape index (κ2) is 5.34. The first-order valence-corrected chi connectivity index (χ1v) is 6.55. The minimum Gasteiger partial charge on any atom is -0.468 e. The summed E-state index contributed by atoms with van der Waals surface area (Å²) in [5.74, 6) is 0.892. The zero-order valence-corrected chi connectivity index (χ0v) is 11.2. The number of rotatable bonds is 5. The molecule has 3 heterocycles. The highest BCUT2D eigenvalue weighted by Gasteiger charge is 2.07. The van der Waals surface area contributed by atoms with Crippen LogP contribution in [-0.4, -0.2) is 20.7 Å². The third kappa shape index (κ3) is 2.37. The first-order valence-electron chi connectivity index (χ1n) is 6.55. The Kier molecular flexibility index (Phi) is 3.39. The molecule has 0 spiro atoms. The predicted octanol–water partition coefficient (Wildman–Crippen LogP) is 1.44. The molecule has 3 rings (SSSR count). The van der Waals surface area contributed by atoms with Gasteiger partial charge in [-0.15, -0.1) is 0 Å². The Balaban J connectivity index is 1.65. The molecule has 6 nitrogen and oxygen atoms in total. The highest BCUT2D eigenvalue weighted by molar-refractivity contribution is 5.42. The monoisotopic (exact) mass is 272 g/mol. The fourth-order valence-electron chi connectivity index (χ4n) is 2.18. The van der Waals surface area contributed by atoms with E-state index in [1.165, 1.54) is 0 Å². The lowest BCUT2D eigenvalue weighted by molar-refractivity contribution is 0.422. The van der Waals surface area contributed by atoms with Gasteiger partial charge in [-0.1, -0.05) is 0 Å². The molecule has 1 N–H and O–H groups in total. The Morgan fingerprint density at radius 1 is 1.40 bits per heavy atom. The minimum absolute atomic E-state index is 0.0301. The molecule has 0 aromatic carbocycles. The van der Waals surface area contributed by atoms with E-state index in [1.807, 2.05) is 19.1 Å². The van der Waals surface area contributed by atoms with Crippen molar-refractivity contribution in [3.63, 3.8) is 0 Å². The van der Waals surface area contributed by atoms with Crippen LogP contribution in [0, 0.1) is 0 Å². The van der Waals surface area contributed by atoms with Crippen molar-refractivity contribution in [1.29, 1.82) is 0 Å². The van der Waals surface area contributed by atoms with Gasteiger partial charge in [-0.3, -0.25) is 4.79 Å². The van der Waals surface area contributed by atoms with Crippen LogP contribution in [0.2, 0.25) is 0 Å². The second-order valence-electron chi connectivity index (χ2n) is 4.65. The molecule has 104 valence electrons. The first-order chi connectivity index (χ1) is 9.75. The second-order valence-corrected chi connectivity index (χ2v) is 4.65. The van der Waals surface area contributed by atoms with Gasteiger partial charge in [0.1, 0.15) is 11.3 Å². The van der Waals surface area contributed by atoms with Crippen LogP contribution in [0.3, 0.4) is 0 Å². The van der Waals surface area contributed by atoms with Crippen molar-refractivity contribution in [2.75, 3.05) is 6.54 Å². The SMILES string of the molecule is CC(NCCn1ccn2nccc2c1=O)c1ccco1. The maximum absolute atomic E-state index is 12.1. The number of fused-ring (bicyclic) bond motifs is 1. The van der Waals surface area contributed by atoms with Crippen LogP contribution in [0.1, 0.15) is 18.7 Å². The van der Waals surface area contributed by atoms with Crippen molar-refractivity contribution < 1.29 is 4.42 Å². The summed E-state index contributed by atoms with van der Waals surface area (Å²) < 4.78 is 8.59. The summed E-state index contributed by atoms with van der Waals surface area (Å²) in [7, 11) is 0.